The molecule has 0 radical (unpaired) electrons. The number of nitrogens with one attached hydrogen (secondary N) is 3. The standard InChI is InChI=1S/C24H25N5O2/c1-15-14-26-22(13-20(15)28-19-7-5-4-6-18(19)24(31)25-2)27-17-9-10-21-16(12-17)8-11-23(30)29(21)3/h4-7,9-10,12-14H,8,11H2,1-3H3,(H,25,31)(H2,26,27,28). The van der Waals surface area contributed by atoms with Crippen molar-refractivity contribution in [1.82, 2.24) is 10.3 Å². The van der Waals surface area contributed by atoms with Gasteiger partial charge in [0, 0.05) is 49.8 Å². The molecule has 0 saturated carbocycles. The molecule has 31 heavy (non-hydrogen) atoms. The maximum Gasteiger partial charge on any atom is 0.253 e. The van der Waals surface area contributed by atoms with E-state index in [1.807, 2.05) is 50.4 Å². The summed E-state index contributed by atoms with van der Waals surface area (Å²) in [5, 5.41) is 9.37. The second kappa shape index (κ2) is 8.47. The van der Waals surface area contributed by atoms with E-state index < -0.39 is 0 Å². The van der Waals surface area contributed by atoms with Gasteiger partial charge in [-0.2, -0.15) is 0 Å². The van der Waals surface area contributed by atoms with Crippen LogP contribution in [0, 0.1) is 6.92 Å². The molecule has 7 nitrogen and oxygen atoms in total. The molecule has 3 N–H and O–H groups in total. The van der Waals surface area contributed by atoms with E-state index in [-0.39, 0.29) is 11.8 Å². The third kappa shape index (κ3) is 4.21. The molecule has 0 fully saturated rings. The second-order valence-corrected chi connectivity index (χ2v) is 7.56. The summed E-state index contributed by atoms with van der Waals surface area (Å²) in [5.74, 6) is 0.678. The topological polar surface area (TPSA) is 86.4 Å². The number of aryl methyl sites for hydroxylation is 2. The number of nitrogens with zero attached hydrogens (tertiary/aromatic N) is 2. The molecule has 4 rings (SSSR count). The van der Waals surface area contributed by atoms with Gasteiger partial charge in [0.1, 0.15) is 5.82 Å². The van der Waals surface area contributed by atoms with Crippen LogP contribution in [0.25, 0.3) is 0 Å². The highest BCUT2D eigenvalue weighted by Crippen LogP contribution is 2.31. The summed E-state index contributed by atoms with van der Waals surface area (Å²) in [6.45, 7) is 1.97. The van der Waals surface area contributed by atoms with Crippen LogP contribution in [-0.4, -0.2) is 30.9 Å². The first kappa shape index (κ1) is 20.4. The molecular formula is C24H25N5O2. The van der Waals surface area contributed by atoms with Crippen LogP contribution >= 0.6 is 0 Å². The molecule has 0 atom stereocenters. The molecule has 158 valence electrons. The summed E-state index contributed by atoms with van der Waals surface area (Å²) >= 11 is 0. The highest BCUT2D eigenvalue weighted by Gasteiger charge is 2.20. The molecule has 7 heteroatoms. The SMILES string of the molecule is CNC(=O)c1ccccc1Nc1cc(Nc2ccc3c(c2)CCC(=O)N3C)ncc1C. The van der Waals surface area contributed by atoms with Gasteiger partial charge in [0.15, 0.2) is 0 Å². The Bertz CT molecular complexity index is 1160. The predicted molar refractivity (Wildman–Crippen MR) is 124 cm³/mol. The van der Waals surface area contributed by atoms with Gasteiger partial charge < -0.3 is 20.9 Å². The molecular weight excluding hydrogens is 390 g/mol. The number of rotatable bonds is 5. The van der Waals surface area contributed by atoms with Crippen molar-refractivity contribution in [2.45, 2.75) is 19.8 Å². The van der Waals surface area contributed by atoms with Crippen LogP contribution in [0.3, 0.4) is 0 Å². The van der Waals surface area contributed by atoms with E-state index in [9.17, 15) is 9.59 Å². The summed E-state index contributed by atoms with van der Waals surface area (Å²) in [6.07, 6.45) is 3.05. The van der Waals surface area contributed by atoms with Gasteiger partial charge in [-0.3, -0.25) is 9.59 Å². The van der Waals surface area contributed by atoms with Crippen molar-refractivity contribution >= 4 is 40.4 Å². The molecule has 0 aliphatic carbocycles. The Morgan fingerprint density at radius 1 is 1.03 bits per heavy atom. The van der Waals surface area contributed by atoms with Crippen molar-refractivity contribution in [3.63, 3.8) is 0 Å². The van der Waals surface area contributed by atoms with E-state index in [0.717, 1.165) is 40.3 Å². The molecule has 0 bridgehead atoms. The molecule has 1 aliphatic rings. The molecule has 0 saturated heterocycles. The lowest BCUT2D eigenvalue weighted by molar-refractivity contribution is -0.118. The minimum atomic E-state index is -0.148. The molecule has 1 aromatic heterocycles. The lowest BCUT2D eigenvalue weighted by atomic mass is 10.0. The van der Waals surface area contributed by atoms with Gasteiger partial charge in [0.25, 0.3) is 5.91 Å². The number of carbonyl (C=O) groups excluding carboxylic acids is 2. The fraction of sp³-hybridized carbons (Fsp3) is 0.208. The highest BCUT2D eigenvalue weighted by atomic mass is 16.2. The highest BCUT2D eigenvalue weighted by molar-refractivity contribution is 6.00. The van der Waals surface area contributed by atoms with Crippen molar-refractivity contribution in [3.8, 4) is 0 Å². The van der Waals surface area contributed by atoms with Gasteiger partial charge in [-0.1, -0.05) is 12.1 Å². The van der Waals surface area contributed by atoms with Gasteiger partial charge in [-0.25, -0.2) is 4.98 Å². The normalized spacial score (nSPS) is 12.9. The predicted octanol–water partition coefficient (Wildman–Crippen LogP) is 4.15. The summed E-state index contributed by atoms with van der Waals surface area (Å²) in [4.78, 5) is 30.3. The first-order chi connectivity index (χ1) is 15.0. The number of benzene rings is 2. The van der Waals surface area contributed by atoms with Crippen LogP contribution in [0.5, 0.6) is 0 Å². The number of aromatic nitrogens is 1. The van der Waals surface area contributed by atoms with Crippen LogP contribution in [0.15, 0.2) is 54.7 Å². The van der Waals surface area contributed by atoms with Crippen molar-refractivity contribution < 1.29 is 9.59 Å². The lowest BCUT2D eigenvalue weighted by Gasteiger charge is -2.26. The van der Waals surface area contributed by atoms with Crippen molar-refractivity contribution in [2.75, 3.05) is 29.6 Å². The Hall–Kier alpha value is -3.87. The molecule has 0 unspecified atom stereocenters. The number of anilines is 5. The van der Waals surface area contributed by atoms with Gasteiger partial charge in [-0.15, -0.1) is 0 Å². The van der Waals surface area contributed by atoms with Gasteiger partial charge in [0.2, 0.25) is 5.91 Å². The first-order valence-electron chi connectivity index (χ1n) is 10.2. The molecule has 0 spiro atoms. The minimum absolute atomic E-state index is 0.140. The van der Waals surface area contributed by atoms with Gasteiger partial charge >= 0.3 is 0 Å². The van der Waals surface area contributed by atoms with E-state index >= 15 is 0 Å². The Morgan fingerprint density at radius 3 is 2.65 bits per heavy atom. The average Bonchev–Trinajstić information content (AvgIpc) is 2.78. The fourth-order valence-electron chi connectivity index (χ4n) is 3.68. The zero-order valence-corrected chi connectivity index (χ0v) is 17.8. The molecule has 2 aromatic carbocycles. The average molecular weight is 415 g/mol. The van der Waals surface area contributed by atoms with Crippen LogP contribution in [0.4, 0.5) is 28.6 Å². The smallest absolute Gasteiger partial charge is 0.253 e. The van der Waals surface area contributed by atoms with Gasteiger partial charge in [0.05, 0.1) is 11.3 Å². The zero-order valence-electron chi connectivity index (χ0n) is 17.8. The first-order valence-corrected chi connectivity index (χ1v) is 10.2. The van der Waals surface area contributed by atoms with Gasteiger partial charge in [-0.05, 0) is 54.8 Å². The minimum Gasteiger partial charge on any atom is -0.355 e. The lowest BCUT2D eigenvalue weighted by Crippen LogP contribution is -2.31. The number of hydrogen-bond acceptors (Lipinski definition) is 5. The van der Waals surface area contributed by atoms with Crippen LogP contribution in [-0.2, 0) is 11.2 Å². The van der Waals surface area contributed by atoms with Crippen molar-refractivity contribution in [1.29, 1.82) is 0 Å². The quantitative estimate of drug-likeness (QED) is 0.583. The number of hydrogen-bond donors (Lipinski definition) is 3. The maximum atomic E-state index is 12.2. The van der Waals surface area contributed by atoms with E-state index in [0.29, 0.717) is 17.8 Å². The second-order valence-electron chi connectivity index (χ2n) is 7.56. The number of fused-ring (bicyclic) bond motifs is 1. The van der Waals surface area contributed by atoms with E-state index in [1.54, 1.807) is 24.2 Å². The van der Waals surface area contributed by atoms with Crippen molar-refractivity contribution in [2.24, 2.45) is 0 Å². The number of carbonyl (C=O) groups is 2. The largest absolute Gasteiger partial charge is 0.355 e. The van der Waals surface area contributed by atoms with Crippen molar-refractivity contribution in [3.05, 3.63) is 71.4 Å². The molecule has 2 amide bonds. The summed E-state index contributed by atoms with van der Waals surface area (Å²) < 4.78 is 0. The number of amides is 2. The summed E-state index contributed by atoms with van der Waals surface area (Å²) in [5.41, 5.74) is 6.12. The third-order valence-electron chi connectivity index (χ3n) is 5.47. The Kier molecular flexibility index (Phi) is 5.58. The maximum absolute atomic E-state index is 12.2. The Balaban J connectivity index is 1.58. The van der Waals surface area contributed by atoms with E-state index in [2.05, 4.69) is 27.0 Å². The molecule has 2 heterocycles. The number of para-hydroxylation sites is 1. The third-order valence-corrected chi connectivity index (χ3v) is 5.47. The Labute approximate surface area is 181 Å². The Morgan fingerprint density at radius 2 is 1.84 bits per heavy atom. The van der Waals surface area contributed by atoms with Crippen LogP contribution in [0.1, 0.15) is 27.9 Å². The van der Waals surface area contributed by atoms with E-state index in [1.165, 1.54) is 0 Å². The van der Waals surface area contributed by atoms with E-state index in [4.69, 9.17) is 0 Å². The molecule has 3 aromatic rings. The van der Waals surface area contributed by atoms with Crippen LogP contribution in [0.2, 0.25) is 0 Å². The number of pyridine rings is 1. The molecule has 1 aliphatic heterocycles. The summed E-state index contributed by atoms with van der Waals surface area (Å²) in [7, 11) is 3.43. The monoisotopic (exact) mass is 415 g/mol. The van der Waals surface area contributed by atoms with Crippen LogP contribution < -0.4 is 20.9 Å². The zero-order chi connectivity index (χ0) is 22.0. The fourth-order valence-corrected chi connectivity index (χ4v) is 3.68. The summed E-state index contributed by atoms with van der Waals surface area (Å²) in [6, 6.07) is 15.3.